The van der Waals surface area contributed by atoms with Gasteiger partial charge in [-0.3, -0.25) is 29.3 Å². The summed E-state index contributed by atoms with van der Waals surface area (Å²) >= 11 is 0. The SMILES string of the molecule is CCOc1cccc([C@H]2C3=CC[C@@H]4C(=O)N(c5cccc([N+](=O)[O-])c5)C(=O)[C@@H]4[C@@H]3C[C@H]3C(=O)C(c4ccccc4)=CC(=O)[C@@]23c2ccccc2)c1O. The summed E-state index contributed by atoms with van der Waals surface area (Å²) in [5, 5.41) is 23.5. The van der Waals surface area contributed by atoms with E-state index in [1.54, 1.807) is 49.4 Å². The summed E-state index contributed by atoms with van der Waals surface area (Å²) in [5.74, 6) is -5.78. The fourth-order valence-electron chi connectivity index (χ4n) is 9.26. The number of anilines is 1. The number of imide groups is 1. The van der Waals surface area contributed by atoms with Crippen molar-refractivity contribution in [3.8, 4) is 11.5 Å². The molecule has 8 rings (SSSR count). The third-order valence-electron chi connectivity index (χ3n) is 11.3. The Labute approximate surface area is 299 Å². The molecule has 2 amide bonds. The van der Waals surface area contributed by atoms with Gasteiger partial charge in [-0.1, -0.05) is 90.5 Å². The Morgan fingerprint density at radius 2 is 1.60 bits per heavy atom. The van der Waals surface area contributed by atoms with Crippen LogP contribution in [0.4, 0.5) is 11.4 Å². The largest absolute Gasteiger partial charge is 0.504 e. The Morgan fingerprint density at radius 1 is 0.885 bits per heavy atom. The molecule has 2 fully saturated rings. The Morgan fingerprint density at radius 3 is 2.31 bits per heavy atom. The molecule has 1 aliphatic heterocycles. The van der Waals surface area contributed by atoms with Crippen LogP contribution in [-0.4, -0.2) is 40.0 Å². The molecule has 4 aromatic rings. The Bertz CT molecular complexity index is 2230. The molecule has 0 aromatic heterocycles. The van der Waals surface area contributed by atoms with E-state index in [0.29, 0.717) is 22.3 Å². The predicted molar refractivity (Wildman–Crippen MR) is 191 cm³/mol. The van der Waals surface area contributed by atoms with E-state index in [2.05, 4.69) is 0 Å². The van der Waals surface area contributed by atoms with Crippen molar-refractivity contribution < 1.29 is 33.9 Å². The number of ether oxygens (including phenoxy) is 1. The van der Waals surface area contributed by atoms with Crippen LogP contribution in [0.15, 0.2) is 121 Å². The number of hydrogen-bond acceptors (Lipinski definition) is 8. The van der Waals surface area contributed by atoms with Gasteiger partial charge < -0.3 is 9.84 Å². The number of nitrogens with zero attached hydrogens (tertiary/aromatic N) is 2. The predicted octanol–water partition coefficient (Wildman–Crippen LogP) is 6.73. The maximum absolute atomic E-state index is 15.2. The van der Waals surface area contributed by atoms with Crippen LogP contribution in [0.5, 0.6) is 11.5 Å². The molecule has 4 aromatic carbocycles. The number of nitro benzene ring substituents is 1. The minimum absolute atomic E-state index is 0.0842. The first-order chi connectivity index (χ1) is 25.2. The van der Waals surface area contributed by atoms with Crippen molar-refractivity contribution in [2.45, 2.75) is 31.1 Å². The van der Waals surface area contributed by atoms with Crippen LogP contribution in [0.1, 0.15) is 42.4 Å². The lowest BCUT2D eigenvalue weighted by Crippen LogP contribution is -2.58. The number of non-ortho nitro benzene ring substituents is 1. The van der Waals surface area contributed by atoms with Crippen molar-refractivity contribution in [1.29, 1.82) is 0 Å². The summed E-state index contributed by atoms with van der Waals surface area (Å²) in [7, 11) is 0. The van der Waals surface area contributed by atoms with Crippen molar-refractivity contribution in [1.82, 2.24) is 0 Å². The van der Waals surface area contributed by atoms with Gasteiger partial charge in [-0.25, -0.2) is 4.90 Å². The summed E-state index contributed by atoms with van der Waals surface area (Å²) < 4.78 is 5.81. The van der Waals surface area contributed by atoms with Crippen LogP contribution in [0.3, 0.4) is 0 Å². The van der Waals surface area contributed by atoms with Gasteiger partial charge in [-0.15, -0.1) is 0 Å². The number of carbonyl (C=O) groups is 4. The average Bonchev–Trinajstić information content (AvgIpc) is 3.42. The summed E-state index contributed by atoms with van der Waals surface area (Å²) in [6.45, 7) is 2.07. The number of para-hydroxylation sites is 1. The maximum Gasteiger partial charge on any atom is 0.271 e. The second kappa shape index (κ2) is 12.6. The van der Waals surface area contributed by atoms with Crippen molar-refractivity contribution >= 4 is 40.3 Å². The fraction of sp³-hybridized carbons (Fsp3) is 0.238. The Kier molecular flexibility index (Phi) is 7.97. The summed E-state index contributed by atoms with van der Waals surface area (Å²) in [6.07, 6.45) is 3.58. The highest BCUT2D eigenvalue weighted by molar-refractivity contribution is 6.32. The molecule has 1 N–H and O–H groups in total. The molecule has 0 spiro atoms. The third kappa shape index (κ3) is 4.77. The van der Waals surface area contributed by atoms with E-state index in [4.69, 9.17) is 4.74 Å². The van der Waals surface area contributed by atoms with E-state index < -0.39 is 51.7 Å². The third-order valence-corrected chi connectivity index (χ3v) is 11.3. The quantitative estimate of drug-likeness (QED) is 0.0971. The molecule has 1 heterocycles. The molecule has 4 aliphatic rings. The van der Waals surface area contributed by atoms with Gasteiger partial charge in [-0.05, 0) is 55.0 Å². The number of phenols is 1. The zero-order valence-electron chi connectivity index (χ0n) is 28.2. The van der Waals surface area contributed by atoms with Crippen LogP contribution in [0.2, 0.25) is 0 Å². The minimum Gasteiger partial charge on any atom is -0.504 e. The van der Waals surface area contributed by atoms with E-state index in [1.165, 1.54) is 30.3 Å². The fourth-order valence-corrected chi connectivity index (χ4v) is 9.26. The molecule has 0 bridgehead atoms. The first-order valence-electron chi connectivity index (χ1n) is 17.4. The molecule has 6 atom stereocenters. The number of hydrogen-bond donors (Lipinski definition) is 1. The molecule has 1 saturated carbocycles. The summed E-state index contributed by atoms with van der Waals surface area (Å²) in [4.78, 5) is 70.9. The van der Waals surface area contributed by atoms with Crippen molar-refractivity contribution in [3.05, 3.63) is 148 Å². The second-order valence-corrected chi connectivity index (χ2v) is 13.7. The van der Waals surface area contributed by atoms with E-state index >= 15 is 9.59 Å². The molecular formula is C42H34N2O8. The first-order valence-corrected chi connectivity index (χ1v) is 17.4. The van der Waals surface area contributed by atoms with Gasteiger partial charge in [0.05, 0.1) is 34.5 Å². The molecule has 10 heteroatoms. The average molecular weight is 695 g/mol. The van der Waals surface area contributed by atoms with E-state index in [0.717, 1.165) is 4.90 Å². The number of carbonyl (C=O) groups excluding carboxylic acids is 4. The lowest BCUT2D eigenvalue weighted by molar-refractivity contribution is -0.384. The topological polar surface area (TPSA) is 144 Å². The van der Waals surface area contributed by atoms with Crippen LogP contribution in [-0.2, 0) is 24.6 Å². The zero-order chi connectivity index (χ0) is 36.3. The van der Waals surface area contributed by atoms with Gasteiger partial charge in [-0.2, -0.15) is 0 Å². The molecule has 0 radical (unpaired) electrons. The number of benzene rings is 4. The standard InChI is InChI=1S/C42H34N2O8/c1-2-52-34-18-10-17-30(39(34)47)37-28-19-20-29-36(41(49)43(40(29)48)26-15-9-16-27(21-26)44(50)51)32(28)22-33-38(46)31(24-11-5-3-6-12-24)23-35(45)42(33,37)25-13-7-4-8-14-25/h3-19,21,23,29,32-33,36-37,47H,2,20,22H2,1H3/t29-,32+,33-,36-,37+,42-/m0/s1. The number of rotatable bonds is 7. The summed E-state index contributed by atoms with van der Waals surface area (Å²) in [5.41, 5.74) is 0.845. The van der Waals surface area contributed by atoms with Crippen molar-refractivity contribution in [2.75, 3.05) is 11.5 Å². The smallest absolute Gasteiger partial charge is 0.271 e. The number of aromatic hydroxyl groups is 1. The van der Waals surface area contributed by atoms with Gasteiger partial charge in [0.15, 0.2) is 23.1 Å². The number of nitro groups is 1. The Hall–Kier alpha value is -6.16. The van der Waals surface area contributed by atoms with Crippen LogP contribution in [0, 0.1) is 33.8 Å². The number of phenolic OH excluding ortho intramolecular Hbond substituents is 1. The van der Waals surface area contributed by atoms with E-state index in [-0.39, 0.29) is 59.5 Å². The van der Waals surface area contributed by atoms with Crippen molar-refractivity contribution in [3.63, 3.8) is 0 Å². The van der Waals surface area contributed by atoms with Gasteiger partial charge in [0.1, 0.15) is 0 Å². The normalized spacial score (nSPS) is 26.6. The number of allylic oxidation sites excluding steroid dienone is 4. The van der Waals surface area contributed by atoms with Crippen LogP contribution < -0.4 is 9.64 Å². The monoisotopic (exact) mass is 694 g/mol. The Balaban J connectivity index is 1.36. The van der Waals surface area contributed by atoms with Gasteiger partial charge in [0.25, 0.3) is 5.69 Å². The lowest BCUT2D eigenvalue weighted by atomic mass is 9.44. The highest BCUT2D eigenvalue weighted by Gasteiger charge is 2.66. The second-order valence-electron chi connectivity index (χ2n) is 13.7. The molecule has 260 valence electrons. The lowest BCUT2D eigenvalue weighted by Gasteiger charge is -2.55. The van der Waals surface area contributed by atoms with Crippen LogP contribution in [0.25, 0.3) is 5.57 Å². The van der Waals surface area contributed by atoms with Gasteiger partial charge >= 0.3 is 0 Å². The summed E-state index contributed by atoms with van der Waals surface area (Å²) in [6, 6.07) is 28.6. The number of Topliss-reactive ketones (excluding diaryl/α,β-unsaturated/α-hetero) is 1. The van der Waals surface area contributed by atoms with Gasteiger partial charge in [0.2, 0.25) is 11.8 Å². The first kappa shape index (κ1) is 33.0. The van der Waals surface area contributed by atoms with Crippen molar-refractivity contribution in [2.24, 2.45) is 23.7 Å². The minimum atomic E-state index is -1.51. The molecule has 3 aliphatic carbocycles. The maximum atomic E-state index is 15.2. The molecular weight excluding hydrogens is 660 g/mol. The molecule has 0 unspecified atom stereocenters. The number of fused-ring (bicyclic) bond motifs is 4. The highest BCUT2D eigenvalue weighted by Crippen LogP contribution is 2.65. The van der Waals surface area contributed by atoms with E-state index in [9.17, 15) is 24.8 Å². The highest BCUT2D eigenvalue weighted by atomic mass is 16.6. The molecule has 52 heavy (non-hydrogen) atoms. The van der Waals surface area contributed by atoms with Crippen LogP contribution >= 0.6 is 0 Å². The van der Waals surface area contributed by atoms with Gasteiger partial charge in [0, 0.05) is 35.1 Å². The zero-order valence-corrected chi connectivity index (χ0v) is 28.2. The number of ketones is 2. The number of amides is 2. The molecule has 1 saturated heterocycles. The van der Waals surface area contributed by atoms with E-state index in [1.807, 2.05) is 42.5 Å². The molecule has 10 nitrogen and oxygen atoms in total.